The summed E-state index contributed by atoms with van der Waals surface area (Å²) in [5, 5.41) is 11.2. The Kier molecular flexibility index (Phi) is 6.66. The van der Waals surface area contributed by atoms with Crippen molar-refractivity contribution < 1.29 is 33.3 Å². The van der Waals surface area contributed by atoms with Crippen LogP contribution in [0.15, 0.2) is 66.2 Å². The molecule has 1 saturated heterocycles. The van der Waals surface area contributed by atoms with Crippen molar-refractivity contribution in [2.45, 2.75) is 6.04 Å². The van der Waals surface area contributed by atoms with Gasteiger partial charge < -0.3 is 19.3 Å². The van der Waals surface area contributed by atoms with Crippen molar-refractivity contribution in [1.82, 2.24) is 0 Å². The molecule has 3 aromatic carbocycles. The number of nitrogens with zero attached hydrogens (tertiary/aromatic N) is 1. The molecule has 0 bridgehead atoms. The SMILES string of the molecule is COc1cccc(C2/C(=C(\O)c3cc(OC)ccc3OC)C(=O)C(=O)N2c2ccc(F)c(Cl)c2)c1. The molecule has 3 aromatic rings. The fourth-order valence-corrected chi connectivity index (χ4v) is 4.18. The number of anilines is 1. The van der Waals surface area contributed by atoms with Gasteiger partial charge in [0.1, 0.15) is 28.8 Å². The van der Waals surface area contributed by atoms with Crippen molar-refractivity contribution in [1.29, 1.82) is 0 Å². The number of methoxy groups -OCH3 is 3. The molecule has 0 aromatic heterocycles. The molecule has 1 aliphatic heterocycles. The maximum absolute atomic E-state index is 13.9. The summed E-state index contributed by atoms with van der Waals surface area (Å²) in [4.78, 5) is 27.8. The van der Waals surface area contributed by atoms with Crippen LogP contribution in [-0.4, -0.2) is 38.1 Å². The molecule has 4 rings (SSSR count). The fraction of sp³-hybridized carbons (Fsp3) is 0.154. The third-order valence-corrected chi connectivity index (χ3v) is 5.99. The molecular formula is C26H21ClFNO6. The van der Waals surface area contributed by atoms with Crippen LogP contribution < -0.4 is 19.1 Å². The quantitative estimate of drug-likeness (QED) is 0.289. The molecular weight excluding hydrogens is 477 g/mol. The van der Waals surface area contributed by atoms with Gasteiger partial charge in [0.15, 0.2) is 0 Å². The summed E-state index contributed by atoms with van der Waals surface area (Å²) >= 11 is 5.98. The number of ether oxygens (including phenoxy) is 3. The largest absolute Gasteiger partial charge is 0.507 e. The van der Waals surface area contributed by atoms with Gasteiger partial charge in [-0.25, -0.2) is 4.39 Å². The van der Waals surface area contributed by atoms with Gasteiger partial charge in [0.2, 0.25) is 0 Å². The van der Waals surface area contributed by atoms with E-state index in [1.165, 1.54) is 44.4 Å². The summed E-state index contributed by atoms with van der Waals surface area (Å²) in [6, 6.07) is 14.1. The van der Waals surface area contributed by atoms with Crippen LogP contribution >= 0.6 is 11.6 Å². The lowest BCUT2D eigenvalue weighted by molar-refractivity contribution is -0.132. The molecule has 1 heterocycles. The van der Waals surface area contributed by atoms with Crippen molar-refractivity contribution in [3.63, 3.8) is 0 Å². The molecule has 1 aliphatic rings. The zero-order valence-corrected chi connectivity index (χ0v) is 19.8. The number of amides is 1. The smallest absolute Gasteiger partial charge is 0.300 e. The molecule has 35 heavy (non-hydrogen) atoms. The first-order valence-corrected chi connectivity index (χ1v) is 10.8. The van der Waals surface area contributed by atoms with Crippen molar-refractivity contribution in [2.75, 3.05) is 26.2 Å². The number of ketones is 1. The highest BCUT2D eigenvalue weighted by atomic mass is 35.5. The lowest BCUT2D eigenvalue weighted by atomic mass is 9.94. The summed E-state index contributed by atoms with van der Waals surface area (Å²) < 4.78 is 29.8. The molecule has 0 spiro atoms. The Morgan fingerprint density at radius 1 is 0.943 bits per heavy atom. The van der Waals surface area contributed by atoms with Crippen LogP contribution in [0.1, 0.15) is 17.2 Å². The van der Waals surface area contributed by atoms with Crippen LogP contribution in [0.25, 0.3) is 5.76 Å². The number of carbonyl (C=O) groups is 2. The minimum atomic E-state index is -1.07. The van der Waals surface area contributed by atoms with E-state index in [1.54, 1.807) is 36.4 Å². The molecule has 1 unspecified atom stereocenters. The molecule has 0 saturated carbocycles. The third-order valence-electron chi connectivity index (χ3n) is 5.70. The number of aliphatic hydroxyl groups excluding tert-OH is 1. The van der Waals surface area contributed by atoms with Gasteiger partial charge in [-0.3, -0.25) is 14.5 Å². The number of rotatable bonds is 6. The topological polar surface area (TPSA) is 85.3 Å². The third kappa shape index (κ3) is 4.28. The Morgan fingerprint density at radius 3 is 2.31 bits per heavy atom. The second-order valence-electron chi connectivity index (χ2n) is 7.61. The maximum atomic E-state index is 13.9. The summed E-state index contributed by atoms with van der Waals surface area (Å²) in [5.74, 6) is -1.82. The van der Waals surface area contributed by atoms with E-state index in [2.05, 4.69) is 0 Å². The highest BCUT2D eigenvalue weighted by Crippen LogP contribution is 2.44. The Bertz CT molecular complexity index is 1360. The Hall–Kier alpha value is -4.04. The van der Waals surface area contributed by atoms with Crippen LogP contribution in [0.2, 0.25) is 5.02 Å². The van der Waals surface area contributed by atoms with Crippen molar-refractivity contribution in [3.05, 3.63) is 88.2 Å². The second-order valence-corrected chi connectivity index (χ2v) is 8.02. The molecule has 180 valence electrons. The van der Waals surface area contributed by atoms with Crippen LogP contribution in [0.4, 0.5) is 10.1 Å². The van der Waals surface area contributed by atoms with Gasteiger partial charge >= 0.3 is 0 Å². The second kappa shape index (κ2) is 9.68. The molecule has 0 aliphatic carbocycles. The monoisotopic (exact) mass is 497 g/mol. The van der Waals surface area contributed by atoms with Gasteiger partial charge in [-0.1, -0.05) is 23.7 Å². The van der Waals surface area contributed by atoms with Gasteiger partial charge in [-0.05, 0) is 54.1 Å². The van der Waals surface area contributed by atoms with Crippen LogP contribution in [-0.2, 0) is 9.59 Å². The van der Waals surface area contributed by atoms with E-state index in [4.69, 9.17) is 25.8 Å². The van der Waals surface area contributed by atoms with Crippen molar-refractivity contribution in [2.24, 2.45) is 0 Å². The standard InChI is InChI=1S/C26H21ClFNO6/c1-33-16-6-4-5-14(11-16)23-22(24(30)18-13-17(34-2)8-10-21(18)35-3)25(31)26(32)29(23)15-7-9-20(28)19(27)12-15/h4-13,23,30H,1-3H3/b24-22+. The van der Waals surface area contributed by atoms with E-state index in [0.717, 1.165) is 6.07 Å². The van der Waals surface area contributed by atoms with Crippen molar-refractivity contribution in [3.8, 4) is 17.2 Å². The number of hydrogen-bond donors (Lipinski definition) is 1. The molecule has 1 amide bonds. The average Bonchev–Trinajstić information content (AvgIpc) is 3.15. The number of carbonyl (C=O) groups excluding carboxylic acids is 2. The summed E-state index contributed by atoms with van der Waals surface area (Å²) in [6.45, 7) is 0. The van der Waals surface area contributed by atoms with Crippen LogP contribution in [0.5, 0.6) is 17.2 Å². The number of Topliss-reactive ketones (excluding diaryl/α,β-unsaturated/α-hetero) is 1. The number of hydrogen-bond acceptors (Lipinski definition) is 6. The van der Waals surface area contributed by atoms with Gasteiger partial charge in [-0.15, -0.1) is 0 Å². The first-order chi connectivity index (χ1) is 16.8. The Labute approximate surface area is 205 Å². The van der Waals surface area contributed by atoms with Gasteiger partial charge in [0.05, 0.1) is 43.5 Å². The highest BCUT2D eigenvalue weighted by molar-refractivity contribution is 6.51. The molecule has 9 heteroatoms. The molecule has 1 N–H and O–H groups in total. The molecule has 7 nitrogen and oxygen atoms in total. The number of aliphatic hydroxyl groups is 1. The minimum Gasteiger partial charge on any atom is -0.507 e. The highest BCUT2D eigenvalue weighted by Gasteiger charge is 2.47. The fourth-order valence-electron chi connectivity index (χ4n) is 4.00. The predicted molar refractivity (Wildman–Crippen MR) is 129 cm³/mol. The lowest BCUT2D eigenvalue weighted by Gasteiger charge is -2.26. The maximum Gasteiger partial charge on any atom is 0.300 e. The zero-order chi connectivity index (χ0) is 25.3. The minimum absolute atomic E-state index is 0.162. The molecule has 1 atom stereocenters. The number of benzene rings is 3. The van der Waals surface area contributed by atoms with Gasteiger partial charge in [0, 0.05) is 5.69 Å². The van der Waals surface area contributed by atoms with Gasteiger partial charge in [-0.2, -0.15) is 0 Å². The van der Waals surface area contributed by atoms with E-state index in [0.29, 0.717) is 17.1 Å². The van der Waals surface area contributed by atoms with Crippen LogP contribution in [0, 0.1) is 5.82 Å². The van der Waals surface area contributed by atoms with E-state index in [9.17, 15) is 19.1 Å². The average molecular weight is 498 g/mol. The van der Waals surface area contributed by atoms with Crippen LogP contribution in [0.3, 0.4) is 0 Å². The zero-order valence-electron chi connectivity index (χ0n) is 19.0. The Morgan fingerprint density at radius 2 is 1.66 bits per heavy atom. The van der Waals surface area contributed by atoms with E-state index in [-0.39, 0.29) is 27.6 Å². The molecule has 0 radical (unpaired) electrons. The van der Waals surface area contributed by atoms with E-state index in [1.807, 2.05) is 0 Å². The first kappa shape index (κ1) is 24.1. The lowest BCUT2D eigenvalue weighted by Crippen LogP contribution is -2.29. The van der Waals surface area contributed by atoms with Crippen molar-refractivity contribution >= 4 is 34.7 Å². The summed E-state index contributed by atoms with van der Waals surface area (Å²) in [5.41, 5.74) is 0.639. The predicted octanol–water partition coefficient (Wildman–Crippen LogP) is 5.13. The van der Waals surface area contributed by atoms with E-state index < -0.39 is 29.3 Å². The normalized spacial score (nSPS) is 16.9. The summed E-state index contributed by atoms with van der Waals surface area (Å²) in [6.07, 6.45) is 0. The molecule has 1 fully saturated rings. The van der Waals surface area contributed by atoms with Gasteiger partial charge in [0.25, 0.3) is 11.7 Å². The number of halogens is 2. The Balaban J connectivity index is 2.00. The van der Waals surface area contributed by atoms with E-state index >= 15 is 0 Å². The first-order valence-electron chi connectivity index (χ1n) is 10.4. The summed E-state index contributed by atoms with van der Waals surface area (Å²) in [7, 11) is 4.35.